The van der Waals surface area contributed by atoms with Gasteiger partial charge in [-0.25, -0.2) is 0 Å². The molecule has 0 saturated carbocycles. The summed E-state index contributed by atoms with van der Waals surface area (Å²) in [7, 11) is 0. The summed E-state index contributed by atoms with van der Waals surface area (Å²) < 4.78 is 0. The van der Waals surface area contributed by atoms with Gasteiger partial charge >= 0.3 is 0 Å². The third kappa shape index (κ3) is 2.15. The average molecular weight is 321 g/mol. The summed E-state index contributed by atoms with van der Waals surface area (Å²) in [5, 5.41) is 13.1. The monoisotopic (exact) mass is 320 g/mol. The minimum atomic E-state index is -0.718. The molecular formula is C19H13ClN2O. The number of nitrogens with zero attached hydrogens (tertiary/aromatic N) is 1. The van der Waals surface area contributed by atoms with Gasteiger partial charge in [0.1, 0.15) is 5.92 Å². The van der Waals surface area contributed by atoms with Crippen LogP contribution >= 0.6 is 11.6 Å². The first kappa shape index (κ1) is 14.0. The van der Waals surface area contributed by atoms with E-state index >= 15 is 0 Å². The standard InChI is InChI=1S/C19H13ClN2O/c20-13-7-5-11(6-8-13)17-15-9-12-3-1-2-4-14(12)18(15)22-19(23)16(17)10-21/h1-8,16-17H,9H2,(H,22,23). The van der Waals surface area contributed by atoms with Crippen molar-refractivity contribution < 1.29 is 4.79 Å². The van der Waals surface area contributed by atoms with Crippen LogP contribution < -0.4 is 5.32 Å². The van der Waals surface area contributed by atoms with Crippen molar-refractivity contribution in [1.82, 2.24) is 5.32 Å². The lowest BCUT2D eigenvalue weighted by molar-refractivity contribution is -0.122. The molecule has 112 valence electrons. The Morgan fingerprint density at radius 3 is 2.61 bits per heavy atom. The van der Waals surface area contributed by atoms with Crippen LogP contribution in [0.1, 0.15) is 22.6 Å². The van der Waals surface area contributed by atoms with Crippen LogP contribution in [0.3, 0.4) is 0 Å². The average Bonchev–Trinajstić information content (AvgIpc) is 2.93. The Morgan fingerprint density at radius 2 is 1.87 bits per heavy atom. The molecule has 2 aromatic rings. The minimum absolute atomic E-state index is 0.228. The SMILES string of the molecule is N#CC1C(=O)NC2=C(Cc3ccccc32)C1c1ccc(Cl)cc1. The molecule has 2 aliphatic rings. The van der Waals surface area contributed by atoms with Gasteiger partial charge < -0.3 is 5.32 Å². The Morgan fingerprint density at radius 1 is 1.13 bits per heavy atom. The van der Waals surface area contributed by atoms with E-state index in [1.165, 1.54) is 5.56 Å². The van der Waals surface area contributed by atoms with Crippen molar-refractivity contribution in [2.75, 3.05) is 0 Å². The molecule has 0 spiro atoms. The van der Waals surface area contributed by atoms with E-state index in [1.807, 2.05) is 30.3 Å². The number of halogens is 1. The van der Waals surface area contributed by atoms with Gasteiger partial charge in [-0.2, -0.15) is 5.26 Å². The molecule has 0 radical (unpaired) electrons. The Kier molecular flexibility index (Phi) is 3.21. The van der Waals surface area contributed by atoms with Gasteiger partial charge in [-0.05, 0) is 35.3 Å². The van der Waals surface area contributed by atoms with Crippen molar-refractivity contribution in [2.24, 2.45) is 5.92 Å². The van der Waals surface area contributed by atoms with Crippen molar-refractivity contribution in [3.8, 4) is 6.07 Å². The molecular weight excluding hydrogens is 308 g/mol. The van der Waals surface area contributed by atoms with Gasteiger partial charge in [0, 0.05) is 22.2 Å². The van der Waals surface area contributed by atoms with E-state index in [1.54, 1.807) is 12.1 Å². The Bertz CT molecular complexity index is 877. The molecule has 1 amide bonds. The zero-order chi connectivity index (χ0) is 16.0. The highest BCUT2D eigenvalue weighted by molar-refractivity contribution is 6.30. The molecule has 2 atom stereocenters. The quantitative estimate of drug-likeness (QED) is 0.871. The molecule has 23 heavy (non-hydrogen) atoms. The molecule has 4 rings (SSSR count). The first-order valence-electron chi connectivity index (χ1n) is 7.46. The third-order valence-electron chi connectivity index (χ3n) is 4.60. The van der Waals surface area contributed by atoms with Crippen molar-refractivity contribution in [3.05, 3.63) is 75.8 Å². The second-order valence-corrected chi connectivity index (χ2v) is 6.30. The first-order chi connectivity index (χ1) is 11.2. The summed E-state index contributed by atoms with van der Waals surface area (Å²) in [5.74, 6) is -1.18. The number of amides is 1. The number of carbonyl (C=O) groups excluding carboxylic acids is 1. The number of hydrogen-bond donors (Lipinski definition) is 1. The van der Waals surface area contributed by atoms with Crippen LogP contribution in [0, 0.1) is 17.2 Å². The van der Waals surface area contributed by atoms with Crippen LogP contribution in [0.25, 0.3) is 5.70 Å². The van der Waals surface area contributed by atoms with E-state index in [4.69, 9.17) is 11.6 Å². The lowest BCUT2D eigenvalue weighted by atomic mass is 9.77. The molecule has 0 bridgehead atoms. The van der Waals surface area contributed by atoms with Crippen molar-refractivity contribution in [2.45, 2.75) is 12.3 Å². The van der Waals surface area contributed by atoms with Crippen LogP contribution in [-0.2, 0) is 11.2 Å². The highest BCUT2D eigenvalue weighted by Gasteiger charge is 2.41. The maximum absolute atomic E-state index is 12.4. The topological polar surface area (TPSA) is 52.9 Å². The normalized spacial score (nSPS) is 22.2. The van der Waals surface area contributed by atoms with Gasteiger partial charge in [0.15, 0.2) is 0 Å². The number of rotatable bonds is 1. The highest BCUT2D eigenvalue weighted by atomic mass is 35.5. The molecule has 1 aliphatic heterocycles. The van der Waals surface area contributed by atoms with Gasteiger partial charge in [-0.3, -0.25) is 4.79 Å². The fourth-order valence-electron chi connectivity index (χ4n) is 3.55. The largest absolute Gasteiger partial charge is 0.324 e. The molecule has 1 aliphatic carbocycles. The zero-order valence-electron chi connectivity index (χ0n) is 12.2. The number of benzene rings is 2. The van der Waals surface area contributed by atoms with Crippen LogP contribution in [0.4, 0.5) is 0 Å². The van der Waals surface area contributed by atoms with Crippen LogP contribution in [0.5, 0.6) is 0 Å². The Labute approximate surface area is 139 Å². The van der Waals surface area contributed by atoms with Gasteiger partial charge in [-0.1, -0.05) is 48.0 Å². The molecule has 0 aromatic heterocycles. The molecule has 0 fully saturated rings. The van der Waals surface area contributed by atoms with E-state index in [0.29, 0.717) is 5.02 Å². The molecule has 0 saturated heterocycles. The lowest BCUT2D eigenvalue weighted by Crippen LogP contribution is -2.38. The fourth-order valence-corrected chi connectivity index (χ4v) is 3.67. The number of hydrogen-bond acceptors (Lipinski definition) is 2. The summed E-state index contributed by atoms with van der Waals surface area (Å²) in [6.45, 7) is 0. The minimum Gasteiger partial charge on any atom is -0.324 e. The predicted molar refractivity (Wildman–Crippen MR) is 88.5 cm³/mol. The van der Waals surface area contributed by atoms with Crippen LogP contribution in [0.2, 0.25) is 5.02 Å². The fraction of sp³-hybridized carbons (Fsp3) is 0.158. The smallest absolute Gasteiger partial charge is 0.242 e. The summed E-state index contributed by atoms with van der Waals surface area (Å²) in [4.78, 5) is 12.4. The molecule has 2 unspecified atom stereocenters. The molecule has 3 nitrogen and oxygen atoms in total. The van der Waals surface area contributed by atoms with Crippen molar-refractivity contribution >= 4 is 23.2 Å². The van der Waals surface area contributed by atoms with Crippen LogP contribution in [0.15, 0.2) is 54.1 Å². The lowest BCUT2D eigenvalue weighted by Gasteiger charge is -2.29. The maximum atomic E-state index is 12.4. The van der Waals surface area contributed by atoms with E-state index in [-0.39, 0.29) is 11.8 Å². The number of fused-ring (bicyclic) bond motifs is 2. The third-order valence-corrected chi connectivity index (χ3v) is 4.85. The first-order valence-corrected chi connectivity index (χ1v) is 7.84. The molecule has 4 heteroatoms. The summed E-state index contributed by atoms with van der Waals surface area (Å²) in [6.07, 6.45) is 0.761. The second-order valence-electron chi connectivity index (χ2n) is 5.86. The van der Waals surface area contributed by atoms with Crippen molar-refractivity contribution in [3.63, 3.8) is 0 Å². The summed E-state index contributed by atoms with van der Waals surface area (Å²) in [6, 6.07) is 17.7. The van der Waals surface area contributed by atoms with Gasteiger partial charge in [0.05, 0.1) is 6.07 Å². The molecule has 1 N–H and O–H groups in total. The van der Waals surface area contributed by atoms with Gasteiger partial charge in [0.2, 0.25) is 5.91 Å². The van der Waals surface area contributed by atoms with E-state index in [0.717, 1.165) is 28.8 Å². The Balaban J connectivity index is 1.88. The molecule has 2 aromatic carbocycles. The van der Waals surface area contributed by atoms with E-state index in [2.05, 4.69) is 17.5 Å². The Hall–Kier alpha value is -2.57. The highest BCUT2D eigenvalue weighted by Crippen LogP contribution is 2.45. The number of nitrogens with one attached hydrogen (secondary N) is 1. The second kappa shape index (κ2) is 5.26. The van der Waals surface area contributed by atoms with Crippen molar-refractivity contribution in [1.29, 1.82) is 5.26 Å². The van der Waals surface area contributed by atoms with Crippen LogP contribution in [-0.4, -0.2) is 5.91 Å². The number of allylic oxidation sites excluding steroid dienone is 1. The molecule has 1 heterocycles. The van der Waals surface area contributed by atoms with Gasteiger partial charge in [-0.15, -0.1) is 0 Å². The number of carbonyl (C=O) groups is 1. The van der Waals surface area contributed by atoms with E-state index < -0.39 is 5.92 Å². The number of nitriles is 1. The van der Waals surface area contributed by atoms with E-state index in [9.17, 15) is 10.1 Å². The summed E-state index contributed by atoms with van der Waals surface area (Å²) >= 11 is 5.98. The summed E-state index contributed by atoms with van der Waals surface area (Å²) in [5.41, 5.74) is 5.19. The predicted octanol–water partition coefficient (Wildman–Crippen LogP) is 3.66. The van der Waals surface area contributed by atoms with Gasteiger partial charge in [0.25, 0.3) is 0 Å². The maximum Gasteiger partial charge on any atom is 0.242 e. The zero-order valence-corrected chi connectivity index (χ0v) is 13.0.